The van der Waals surface area contributed by atoms with Gasteiger partial charge in [-0.2, -0.15) is 0 Å². The van der Waals surface area contributed by atoms with Crippen molar-refractivity contribution in [3.05, 3.63) is 30.0 Å². The van der Waals surface area contributed by atoms with Gasteiger partial charge in [-0.25, -0.2) is 0 Å². The zero-order chi connectivity index (χ0) is 11.7. The third kappa shape index (κ3) is 1.90. The van der Waals surface area contributed by atoms with Crippen LogP contribution in [0.2, 0.25) is 0 Å². The van der Waals surface area contributed by atoms with Gasteiger partial charge in [-0.05, 0) is 12.0 Å². The maximum absolute atomic E-state index is 11.0. The average molecular weight is 211 g/mol. The van der Waals surface area contributed by atoms with Crippen molar-refractivity contribution in [3.63, 3.8) is 0 Å². The first kappa shape index (κ1) is 11.0. The number of hydrogen-bond acceptors (Lipinski definition) is 1. The lowest BCUT2D eigenvalue weighted by molar-refractivity contribution is 0.112. The van der Waals surface area contributed by atoms with Crippen molar-refractivity contribution in [2.75, 3.05) is 0 Å². The van der Waals surface area contributed by atoms with Crippen molar-refractivity contribution in [3.8, 4) is 0 Å². The quantitative estimate of drug-likeness (QED) is 0.561. The lowest BCUT2D eigenvalue weighted by atomic mass is 9.95. The molecule has 0 atom stereocenters. The number of rotatable bonds is 3. The highest BCUT2D eigenvalue weighted by Crippen LogP contribution is 2.20. The molecule has 16 heavy (non-hydrogen) atoms. The van der Waals surface area contributed by atoms with Crippen LogP contribution in [-0.4, -0.2) is 18.7 Å². The summed E-state index contributed by atoms with van der Waals surface area (Å²) in [7, 11) is 5.77. The van der Waals surface area contributed by atoms with E-state index in [4.69, 9.17) is 7.85 Å². The molecule has 2 rings (SSSR count). The molecule has 2 aromatic rings. The van der Waals surface area contributed by atoms with Crippen LogP contribution in [0.3, 0.4) is 0 Å². The van der Waals surface area contributed by atoms with Gasteiger partial charge < -0.3 is 4.57 Å². The Morgan fingerprint density at radius 2 is 2.19 bits per heavy atom. The molecule has 0 fully saturated rings. The minimum absolute atomic E-state index is 0.538. The average Bonchev–Trinajstić information content (AvgIpc) is 2.55. The van der Waals surface area contributed by atoms with Crippen LogP contribution in [0, 0.1) is 5.92 Å². The lowest BCUT2D eigenvalue weighted by Gasteiger charge is -2.08. The van der Waals surface area contributed by atoms with E-state index in [1.807, 2.05) is 24.4 Å². The van der Waals surface area contributed by atoms with Crippen LogP contribution in [0.15, 0.2) is 24.4 Å². The first-order valence-electron chi connectivity index (χ1n) is 5.45. The smallest absolute Gasteiger partial charge is 0.152 e. The van der Waals surface area contributed by atoms with Gasteiger partial charge in [0, 0.05) is 29.2 Å². The van der Waals surface area contributed by atoms with Crippen molar-refractivity contribution in [2.24, 2.45) is 5.92 Å². The monoisotopic (exact) mass is 211 g/mol. The Bertz CT molecular complexity index is 528. The molecule has 0 unspecified atom stereocenters. The second-order valence-electron chi connectivity index (χ2n) is 4.53. The van der Waals surface area contributed by atoms with Crippen LogP contribution in [0.25, 0.3) is 10.9 Å². The van der Waals surface area contributed by atoms with Gasteiger partial charge >= 0.3 is 0 Å². The van der Waals surface area contributed by atoms with Crippen LogP contribution in [-0.2, 0) is 6.54 Å². The number of nitrogens with zero attached hydrogens (tertiary/aromatic N) is 1. The summed E-state index contributed by atoms with van der Waals surface area (Å²) in [5, 5.41) is 0.977. The van der Waals surface area contributed by atoms with E-state index in [1.165, 1.54) is 0 Å². The lowest BCUT2D eigenvalue weighted by Crippen LogP contribution is -2.05. The highest BCUT2D eigenvalue weighted by Gasteiger charge is 2.08. The number of aromatic nitrogens is 1. The zero-order valence-electron chi connectivity index (χ0n) is 9.60. The van der Waals surface area contributed by atoms with Gasteiger partial charge in [0.2, 0.25) is 0 Å². The SMILES string of the molecule is [B]c1ccc2c(C=O)cn(CC(C)C)c2c1. The van der Waals surface area contributed by atoms with Crippen molar-refractivity contribution in [1.82, 2.24) is 4.57 Å². The van der Waals surface area contributed by atoms with Gasteiger partial charge in [-0.3, -0.25) is 4.79 Å². The third-order valence-electron chi connectivity index (χ3n) is 2.63. The molecule has 3 heteroatoms. The first-order valence-corrected chi connectivity index (χ1v) is 5.45. The molecule has 1 heterocycles. The Kier molecular flexibility index (Phi) is 2.86. The van der Waals surface area contributed by atoms with E-state index in [1.54, 1.807) is 0 Å². The Morgan fingerprint density at radius 3 is 2.81 bits per heavy atom. The molecule has 0 aliphatic carbocycles. The van der Waals surface area contributed by atoms with Gasteiger partial charge in [-0.1, -0.05) is 31.4 Å². The summed E-state index contributed by atoms with van der Waals surface area (Å²) >= 11 is 0. The van der Waals surface area contributed by atoms with E-state index >= 15 is 0 Å². The molecule has 1 aromatic heterocycles. The molecule has 2 radical (unpaired) electrons. The Balaban J connectivity index is 2.64. The van der Waals surface area contributed by atoms with Crippen LogP contribution < -0.4 is 5.46 Å². The molecule has 0 saturated heterocycles. The summed E-state index contributed by atoms with van der Waals surface area (Å²) < 4.78 is 2.10. The fourth-order valence-corrected chi connectivity index (χ4v) is 1.98. The van der Waals surface area contributed by atoms with Crippen LogP contribution in [0.5, 0.6) is 0 Å². The molecule has 0 aliphatic heterocycles. The molecule has 1 aromatic carbocycles. The van der Waals surface area contributed by atoms with Crippen molar-refractivity contribution < 1.29 is 4.79 Å². The number of hydrogen-bond donors (Lipinski definition) is 0. The third-order valence-corrected chi connectivity index (χ3v) is 2.63. The Morgan fingerprint density at radius 1 is 1.44 bits per heavy atom. The Labute approximate surface area is 96.7 Å². The molecule has 0 saturated carbocycles. The summed E-state index contributed by atoms with van der Waals surface area (Å²) in [6.45, 7) is 5.20. The van der Waals surface area contributed by atoms with E-state index in [0.29, 0.717) is 5.92 Å². The minimum atomic E-state index is 0.538. The number of aldehydes is 1. The fraction of sp³-hybridized carbons (Fsp3) is 0.308. The summed E-state index contributed by atoms with van der Waals surface area (Å²) in [6, 6.07) is 5.66. The topological polar surface area (TPSA) is 22.0 Å². The zero-order valence-corrected chi connectivity index (χ0v) is 9.60. The molecule has 0 N–H and O–H groups in total. The molecule has 0 amide bonds. The largest absolute Gasteiger partial charge is 0.346 e. The minimum Gasteiger partial charge on any atom is -0.346 e. The number of fused-ring (bicyclic) bond motifs is 1. The molecular weight excluding hydrogens is 197 g/mol. The number of benzene rings is 1. The van der Waals surface area contributed by atoms with Crippen LogP contribution >= 0.6 is 0 Å². The first-order chi connectivity index (χ1) is 7.61. The molecule has 2 nitrogen and oxygen atoms in total. The summed E-state index contributed by atoms with van der Waals surface area (Å²) in [5.74, 6) is 0.538. The van der Waals surface area contributed by atoms with Crippen molar-refractivity contribution >= 4 is 30.5 Å². The van der Waals surface area contributed by atoms with Gasteiger partial charge in [0.15, 0.2) is 6.29 Å². The molecule has 0 bridgehead atoms. The van der Waals surface area contributed by atoms with Crippen LogP contribution in [0.1, 0.15) is 24.2 Å². The predicted octanol–water partition coefficient (Wildman–Crippen LogP) is 1.90. The fourth-order valence-electron chi connectivity index (χ4n) is 1.98. The normalized spacial score (nSPS) is 11.2. The predicted molar refractivity (Wildman–Crippen MR) is 67.6 cm³/mol. The molecule has 80 valence electrons. The van der Waals surface area contributed by atoms with Gasteiger partial charge in [-0.15, -0.1) is 0 Å². The maximum atomic E-state index is 11.0. The highest BCUT2D eigenvalue weighted by atomic mass is 16.1. The number of carbonyl (C=O) groups is 1. The van der Waals surface area contributed by atoms with E-state index < -0.39 is 0 Å². The van der Waals surface area contributed by atoms with Gasteiger partial charge in [0.05, 0.1) is 0 Å². The molecular formula is C13H14BNO. The number of carbonyl (C=O) groups excluding carboxylic acids is 1. The second-order valence-corrected chi connectivity index (χ2v) is 4.53. The second kappa shape index (κ2) is 4.16. The Hall–Kier alpha value is -1.51. The van der Waals surface area contributed by atoms with Crippen LogP contribution in [0.4, 0.5) is 0 Å². The maximum Gasteiger partial charge on any atom is 0.152 e. The van der Waals surface area contributed by atoms with E-state index in [2.05, 4.69) is 18.4 Å². The van der Waals surface area contributed by atoms with E-state index in [0.717, 1.165) is 34.8 Å². The standard InChI is InChI=1S/C13H14BNO/c1-9(2)6-15-7-10(8-16)12-4-3-11(14)5-13(12)15/h3-5,7-9H,6H2,1-2H3. The van der Waals surface area contributed by atoms with Gasteiger partial charge in [0.25, 0.3) is 0 Å². The summed E-state index contributed by atoms with van der Waals surface area (Å²) in [4.78, 5) is 11.0. The van der Waals surface area contributed by atoms with E-state index in [9.17, 15) is 4.79 Å². The van der Waals surface area contributed by atoms with Gasteiger partial charge in [0.1, 0.15) is 7.85 Å². The molecule has 0 aliphatic rings. The van der Waals surface area contributed by atoms with Crippen molar-refractivity contribution in [2.45, 2.75) is 20.4 Å². The highest BCUT2D eigenvalue weighted by molar-refractivity contribution is 6.33. The van der Waals surface area contributed by atoms with Crippen molar-refractivity contribution in [1.29, 1.82) is 0 Å². The molecule has 0 spiro atoms. The van der Waals surface area contributed by atoms with E-state index in [-0.39, 0.29) is 0 Å². The summed E-state index contributed by atoms with van der Waals surface area (Å²) in [5.41, 5.74) is 2.50. The summed E-state index contributed by atoms with van der Waals surface area (Å²) in [6.07, 6.45) is 2.80.